The zero-order valence-electron chi connectivity index (χ0n) is 8.28. The fourth-order valence-corrected chi connectivity index (χ4v) is 1.59. The summed E-state index contributed by atoms with van der Waals surface area (Å²) in [5, 5.41) is 8.62. The van der Waals surface area contributed by atoms with E-state index in [0.29, 0.717) is 6.42 Å². The second-order valence-corrected chi connectivity index (χ2v) is 3.41. The minimum Gasteiger partial charge on any atom is -0.330 e. The van der Waals surface area contributed by atoms with E-state index in [-0.39, 0.29) is 0 Å². The molecule has 0 bridgehead atoms. The normalized spacial score (nSPS) is 10.4. The van der Waals surface area contributed by atoms with Gasteiger partial charge >= 0.3 is 0 Å². The third-order valence-corrected chi connectivity index (χ3v) is 2.37. The Morgan fingerprint density at radius 3 is 3.00 bits per heavy atom. The van der Waals surface area contributed by atoms with Crippen molar-refractivity contribution < 1.29 is 0 Å². The van der Waals surface area contributed by atoms with Gasteiger partial charge in [0.2, 0.25) is 0 Å². The minimum absolute atomic E-state index is 0.365. The molecule has 0 saturated heterocycles. The van der Waals surface area contributed by atoms with Gasteiger partial charge < -0.3 is 4.57 Å². The van der Waals surface area contributed by atoms with E-state index in [9.17, 15) is 0 Å². The summed E-state index contributed by atoms with van der Waals surface area (Å²) in [6.45, 7) is 2.04. The highest BCUT2D eigenvalue weighted by molar-refractivity contribution is 5.76. The number of aryl methyl sites for hydroxylation is 2. The molecule has 14 heavy (non-hydrogen) atoms. The van der Waals surface area contributed by atoms with Crippen LogP contribution in [0.15, 0.2) is 18.2 Å². The van der Waals surface area contributed by atoms with Crippen LogP contribution < -0.4 is 0 Å². The summed E-state index contributed by atoms with van der Waals surface area (Å²) in [6, 6.07) is 8.25. The first-order chi connectivity index (χ1) is 6.72. The fourth-order valence-electron chi connectivity index (χ4n) is 1.59. The highest BCUT2D eigenvalue weighted by Crippen LogP contribution is 2.16. The molecule has 1 aromatic carbocycles. The van der Waals surface area contributed by atoms with Crippen LogP contribution in [0, 0.1) is 18.3 Å². The standard InChI is InChI=1S/C11H11N3/c1-8-3-4-10-9(7-8)13-11(5-6-12)14(10)2/h3-4,7H,5H2,1-2H3. The first-order valence-corrected chi connectivity index (χ1v) is 4.51. The van der Waals surface area contributed by atoms with Crippen LogP contribution in [0.4, 0.5) is 0 Å². The van der Waals surface area contributed by atoms with Crippen molar-refractivity contribution in [3.8, 4) is 6.07 Å². The molecule has 2 aromatic rings. The molecule has 0 spiro atoms. The molecule has 0 amide bonds. The highest BCUT2D eigenvalue weighted by atomic mass is 15.1. The Labute approximate surface area is 82.6 Å². The van der Waals surface area contributed by atoms with Crippen molar-refractivity contribution in [2.75, 3.05) is 0 Å². The number of imidazole rings is 1. The predicted molar refractivity (Wildman–Crippen MR) is 54.8 cm³/mol. The molecule has 2 rings (SSSR count). The van der Waals surface area contributed by atoms with E-state index in [4.69, 9.17) is 5.26 Å². The van der Waals surface area contributed by atoms with Crippen molar-refractivity contribution in [2.45, 2.75) is 13.3 Å². The lowest BCUT2D eigenvalue weighted by Gasteiger charge is -1.97. The maximum Gasteiger partial charge on any atom is 0.123 e. The van der Waals surface area contributed by atoms with Gasteiger partial charge in [0.05, 0.1) is 23.5 Å². The molecule has 0 unspecified atom stereocenters. The van der Waals surface area contributed by atoms with Crippen LogP contribution in [0.25, 0.3) is 11.0 Å². The summed E-state index contributed by atoms with van der Waals surface area (Å²) in [5.41, 5.74) is 3.25. The van der Waals surface area contributed by atoms with E-state index in [0.717, 1.165) is 16.9 Å². The lowest BCUT2D eigenvalue weighted by molar-refractivity contribution is 0.857. The van der Waals surface area contributed by atoms with Gasteiger partial charge in [-0.15, -0.1) is 0 Å². The highest BCUT2D eigenvalue weighted by Gasteiger charge is 2.06. The van der Waals surface area contributed by atoms with E-state index in [1.54, 1.807) is 0 Å². The third-order valence-electron chi connectivity index (χ3n) is 2.37. The van der Waals surface area contributed by atoms with Gasteiger partial charge in [-0.25, -0.2) is 4.98 Å². The van der Waals surface area contributed by atoms with Crippen LogP contribution in [0.2, 0.25) is 0 Å². The van der Waals surface area contributed by atoms with Gasteiger partial charge in [0.15, 0.2) is 0 Å². The van der Waals surface area contributed by atoms with E-state index in [2.05, 4.69) is 17.1 Å². The van der Waals surface area contributed by atoms with Crippen molar-refractivity contribution in [3.63, 3.8) is 0 Å². The van der Waals surface area contributed by atoms with E-state index < -0.39 is 0 Å². The molecular weight excluding hydrogens is 174 g/mol. The summed E-state index contributed by atoms with van der Waals surface area (Å²) < 4.78 is 1.97. The van der Waals surface area contributed by atoms with Crippen molar-refractivity contribution in [1.29, 1.82) is 5.26 Å². The molecule has 1 aromatic heterocycles. The van der Waals surface area contributed by atoms with Gasteiger partial charge in [0, 0.05) is 7.05 Å². The first-order valence-electron chi connectivity index (χ1n) is 4.51. The zero-order valence-corrected chi connectivity index (χ0v) is 8.28. The van der Waals surface area contributed by atoms with Gasteiger partial charge in [-0.3, -0.25) is 0 Å². The average molecular weight is 185 g/mol. The number of nitrogens with zero attached hydrogens (tertiary/aromatic N) is 3. The van der Waals surface area contributed by atoms with Gasteiger partial charge in [-0.2, -0.15) is 5.26 Å². The third kappa shape index (κ3) is 1.25. The SMILES string of the molecule is Cc1ccc2c(c1)nc(CC#N)n2C. The molecule has 3 nitrogen and oxygen atoms in total. The zero-order chi connectivity index (χ0) is 10.1. The number of hydrogen-bond acceptors (Lipinski definition) is 2. The molecule has 70 valence electrons. The molecule has 0 N–H and O–H groups in total. The molecular formula is C11H11N3. The Bertz CT molecular complexity index is 517. The number of fused-ring (bicyclic) bond motifs is 1. The second-order valence-electron chi connectivity index (χ2n) is 3.41. The molecule has 1 heterocycles. The van der Waals surface area contributed by atoms with Crippen molar-refractivity contribution in [3.05, 3.63) is 29.6 Å². The van der Waals surface area contributed by atoms with Crippen molar-refractivity contribution >= 4 is 11.0 Å². The van der Waals surface area contributed by atoms with Crippen LogP contribution in [-0.4, -0.2) is 9.55 Å². The molecule has 0 saturated carbocycles. The van der Waals surface area contributed by atoms with Gasteiger partial charge in [-0.05, 0) is 24.6 Å². The average Bonchev–Trinajstić information content (AvgIpc) is 2.44. The quantitative estimate of drug-likeness (QED) is 0.681. The molecule has 0 atom stereocenters. The van der Waals surface area contributed by atoms with E-state index >= 15 is 0 Å². The number of nitriles is 1. The molecule has 0 fully saturated rings. The lowest BCUT2D eigenvalue weighted by Crippen LogP contribution is -1.95. The Kier molecular flexibility index (Phi) is 1.97. The summed E-state index contributed by atoms with van der Waals surface area (Å²) in [6.07, 6.45) is 0.365. The van der Waals surface area contributed by atoms with Crippen molar-refractivity contribution in [2.24, 2.45) is 7.05 Å². The monoisotopic (exact) mass is 185 g/mol. The van der Waals surface area contributed by atoms with E-state index in [1.807, 2.05) is 30.7 Å². The lowest BCUT2D eigenvalue weighted by atomic mass is 10.2. The van der Waals surface area contributed by atoms with Crippen molar-refractivity contribution in [1.82, 2.24) is 9.55 Å². The largest absolute Gasteiger partial charge is 0.330 e. The van der Waals surface area contributed by atoms with Crippen LogP contribution in [0.3, 0.4) is 0 Å². The fraction of sp³-hybridized carbons (Fsp3) is 0.273. The van der Waals surface area contributed by atoms with Crippen LogP contribution in [0.1, 0.15) is 11.4 Å². The molecule has 0 aliphatic heterocycles. The Morgan fingerprint density at radius 1 is 1.50 bits per heavy atom. The Balaban J connectivity index is 2.68. The van der Waals surface area contributed by atoms with Crippen LogP contribution in [0.5, 0.6) is 0 Å². The van der Waals surface area contributed by atoms with Gasteiger partial charge in [0.1, 0.15) is 5.82 Å². The predicted octanol–water partition coefficient (Wildman–Crippen LogP) is 1.95. The number of aromatic nitrogens is 2. The van der Waals surface area contributed by atoms with Crippen LogP contribution >= 0.6 is 0 Å². The maximum absolute atomic E-state index is 8.62. The van der Waals surface area contributed by atoms with Crippen LogP contribution in [-0.2, 0) is 13.5 Å². The molecule has 3 heteroatoms. The van der Waals surface area contributed by atoms with Gasteiger partial charge in [0.25, 0.3) is 0 Å². The van der Waals surface area contributed by atoms with E-state index in [1.165, 1.54) is 5.56 Å². The summed E-state index contributed by atoms with van der Waals surface area (Å²) in [5.74, 6) is 0.827. The number of rotatable bonds is 1. The molecule has 0 aliphatic rings. The molecule has 0 radical (unpaired) electrons. The second kappa shape index (κ2) is 3.15. The Hall–Kier alpha value is -1.82. The minimum atomic E-state index is 0.365. The summed E-state index contributed by atoms with van der Waals surface area (Å²) in [7, 11) is 1.94. The molecule has 0 aliphatic carbocycles. The topological polar surface area (TPSA) is 41.6 Å². The Morgan fingerprint density at radius 2 is 2.29 bits per heavy atom. The summed E-state index contributed by atoms with van der Waals surface area (Å²) in [4.78, 5) is 4.40. The number of benzene rings is 1. The maximum atomic E-state index is 8.62. The number of hydrogen-bond donors (Lipinski definition) is 0. The van der Waals surface area contributed by atoms with Gasteiger partial charge in [-0.1, -0.05) is 6.07 Å². The summed E-state index contributed by atoms with van der Waals surface area (Å²) >= 11 is 0. The smallest absolute Gasteiger partial charge is 0.123 e. The first kappa shape index (κ1) is 8.76.